The predicted molar refractivity (Wildman–Crippen MR) is 173 cm³/mol. The molecule has 43 heavy (non-hydrogen) atoms. The van der Waals surface area contributed by atoms with Crippen molar-refractivity contribution >= 4 is 62.3 Å². The molecule has 3 aromatic carbocycles. The maximum absolute atomic E-state index is 14.2. The summed E-state index contributed by atoms with van der Waals surface area (Å²) in [7, 11) is -4.24. The lowest BCUT2D eigenvalue weighted by atomic mass is 9.95. The summed E-state index contributed by atoms with van der Waals surface area (Å²) < 4.78 is 29.1. The molecule has 0 spiro atoms. The summed E-state index contributed by atoms with van der Waals surface area (Å²) in [5.74, 6) is -0.803. The number of carbonyl (C=O) groups excluding carboxylic acids is 2. The van der Waals surface area contributed by atoms with E-state index in [2.05, 4.69) is 5.32 Å². The van der Waals surface area contributed by atoms with Crippen LogP contribution in [0, 0.1) is 6.92 Å². The number of amides is 2. The van der Waals surface area contributed by atoms with Crippen molar-refractivity contribution in [3.05, 3.63) is 92.9 Å². The molecule has 1 unspecified atom stereocenters. The minimum absolute atomic E-state index is 0.00772. The number of sulfonamides is 1. The first-order valence-corrected chi connectivity index (χ1v) is 16.9. The highest BCUT2D eigenvalue weighted by Crippen LogP contribution is 2.30. The second-order valence-corrected chi connectivity index (χ2v) is 14.0. The van der Waals surface area contributed by atoms with Crippen molar-refractivity contribution in [1.29, 1.82) is 0 Å². The van der Waals surface area contributed by atoms with Crippen molar-refractivity contribution in [3.8, 4) is 0 Å². The summed E-state index contributed by atoms with van der Waals surface area (Å²) in [6.45, 7) is 3.20. The van der Waals surface area contributed by atoms with Gasteiger partial charge in [-0.2, -0.15) is 0 Å². The number of anilines is 1. The summed E-state index contributed by atoms with van der Waals surface area (Å²) in [5, 5.41) is 4.12. The van der Waals surface area contributed by atoms with Crippen LogP contribution in [0.2, 0.25) is 15.1 Å². The van der Waals surface area contributed by atoms with E-state index in [1.165, 1.54) is 35.2 Å². The van der Waals surface area contributed by atoms with Gasteiger partial charge < -0.3 is 10.2 Å². The average Bonchev–Trinajstić information content (AvgIpc) is 2.97. The summed E-state index contributed by atoms with van der Waals surface area (Å²) in [6.07, 6.45) is 5.36. The predicted octanol–water partition coefficient (Wildman–Crippen LogP) is 7.41. The lowest BCUT2D eigenvalue weighted by molar-refractivity contribution is -0.140. The monoisotopic (exact) mass is 663 g/mol. The van der Waals surface area contributed by atoms with E-state index in [9.17, 15) is 18.0 Å². The number of benzene rings is 3. The van der Waals surface area contributed by atoms with Gasteiger partial charge in [0.15, 0.2) is 0 Å². The first-order valence-electron chi connectivity index (χ1n) is 14.4. The zero-order valence-corrected chi connectivity index (χ0v) is 27.3. The third-order valence-corrected chi connectivity index (χ3v) is 10.1. The number of carbonyl (C=O) groups is 2. The Labute approximate surface area is 269 Å². The fraction of sp³-hybridized carbons (Fsp3) is 0.375. The summed E-state index contributed by atoms with van der Waals surface area (Å²) >= 11 is 18.6. The molecule has 1 aliphatic carbocycles. The molecule has 0 bridgehead atoms. The molecule has 7 nitrogen and oxygen atoms in total. The first kappa shape index (κ1) is 33.1. The summed E-state index contributed by atoms with van der Waals surface area (Å²) in [6, 6.07) is 17.0. The molecule has 2 amide bonds. The molecule has 1 atom stereocenters. The SMILES string of the molecule is CCC(C(=O)NC1CCCCC1)N(Cc1ccc(Cl)cc1)C(=O)CN(c1cc(Cl)cc(Cl)c1)S(=O)(=O)c1ccc(C)cc1. The van der Waals surface area contributed by atoms with E-state index in [1.54, 1.807) is 36.4 Å². The van der Waals surface area contributed by atoms with Gasteiger partial charge in [-0.25, -0.2) is 8.42 Å². The standard InChI is InChI=1S/C32H36Cl3N3O4S/c1-3-30(32(40)36-27-7-5-4-6-8-27)37(20-23-11-13-24(33)14-12-23)31(39)21-38(28-18-25(34)17-26(35)19-28)43(41,42)29-15-9-22(2)10-16-29/h9-19,27,30H,3-8,20-21H2,1-2H3,(H,36,40). The summed E-state index contributed by atoms with van der Waals surface area (Å²) in [4.78, 5) is 29.3. The van der Waals surface area contributed by atoms with Gasteiger partial charge in [-0.1, -0.05) is 90.8 Å². The molecule has 1 N–H and O–H groups in total. The lowest BCUT2D eigenvalue weighted by Gasteiger charge is -2.34. The zero-order valence-electron chi connectivity index (χ0n) is 24.2. The van der Waals surface area contributed by atoms with E-state index in [-0.39, 0.29) is 39.1 Å². The molecule has 0 saturated heterocycles. The second-order valence-electron chi connectivity index (χ2n) is 10.9. The minimum Gasteiger partial charge on any atom is -0.352 e. The molecular formula is C32H36Cl3N3O4S. The highest BCUT2D eigenvalue weighted by Gasteiger charge is 2.34. The maximum Gasteiger partial charge on any atom is 0.264 e. The van der Waals surface area contributed by atoms with Crippen molar-refractivity contribution in [2.45, 2.75) is 75.9 Å². The molecule has 0 radical (unpaired) electrons. The van der Waals surface area contributed by atoms with E-state index in [0.717, 1.165) is 47.5 Å². The molecule has 1 fully saturated rings. The Kier molecular flexibility index (Phi) is 11.4. The minimum atomic E-state index is -4.24. The largest absolute Gasteiger partial charge is 0.352 e. The van der Waals surface area contributed by atoms with Crippen LogP contribution < -0.4 is 9.62 Å². The fourth-order valence-electron chi connectivity index (χ4n) is 5.30. The molecule has 3 aromatic rings. The van der Waals surface area contributed by atoms with Crippen molar-refractivity contribution in [2.24, 2.45) is 0 Å². The Bertz CT molecular complexity index is 1510. The van der Waals surface area contributed by atoms with Gasteiger partial charge in [0.1, 0.15) is 12.6 Å². The molecule has 0 aliphatic heterocycles. The number of nitrogens with zero attached hydrogens (tertiary/aromatic N) is 2. The van der Waals surface area contributed by atoms with Gasteiger partial charge >= 0.3 is 0 Å². The molecule has 230 valence electrons. The van der Waals surface area contributed by atoms with Crippen LogP contribution in [-0.2, 0) is 26.2 Å². The fourth-order valence-corrected chi connectivity index (χ4v) is 7.34. The van der Waals surface area contributed by atoms with E-state index >= 15 is 0 Å². The smallest absolute Gasteiger partial charge is 0.264 e. The Morgan fingerprint density at radius 1 is 0.884 bits per heavy atom. The number of hydrogen-bond acceptors (Lipinski definition) is 4. The van der Waals surface area contributed by atoms with E-state index in [4.69, 9.17) is 34.8 Å². The average molecular weight is 665 g/mol. The van der Waals surface area contributed by atoms with Crippen LogP contribution in [-0.4, -0.2) is 43.8 Å². The molecule has 0 aromatic heterocycles. The van der Waals surface area contributed by atoms with E-state index < -0.39 is 28.5 Å². The van der Waals surface area contributed by atoms with E-state index in [0.29, 0.717) is 11.4 Å². The first-order chi connectivity index (χ1) is 20.5. The van der Waals surface area contributed by atoms with Gasteiger partial charge in [-0.3, -0.25) is 13.9 Å². The third-order valence-electron chi connectivity index (χ3n) is 7.63. The van der Waals surface area contributed by atoms with Crippen molar-refractivity contribution in [3.63, 3.8) is 0 Å². The number of halogens is 3. The molecule has 4 rings (SSSR count). The van der Waals surface area contributed by atoms with Crippen LogP contribution in [0.5, 0.6) is 0 Å². The molecule has 0 heterocycles. The van der Waals surface area contributed by atoms with Gasteiger partial charge in [0.2, 0.25) is 11.8 Å². The van der Waals surface area contributed by atoms with Gasteiger partial charge in [0.25, 0.3) is 10.0 Å². The quantitative estimate of drug-likeness (QED) is 0.231. The van der Waals surface area contributed by atoms with Crippen molar-refractivity contribution in [2.75, 3.05) is 10.8 Å². The Morgan fingerprint density at radius 3 is 2.07 bits per heavy atom. The number of aryl methyl sites for hydroxylation is 1. The molecule has 11 heteroatoms. The third kappa shape index (κ3) is 8.66. The second kappa shape index (κ2) is 14.8. The van der Waals surface area contributed by atoms with Crippen molar-refractivity contribution < 1.29 is 18.0 Å². The van der Waals surface area contributed by atoms with Crippen LogP contribution in [0.3, 0.4) is 0 Å². The highest BCUT2D eigenvalue weighted by atomic mass is 35.5. The molecule has 1 saturated carbocycles. The van der Waals surface area contributed by atoms with Gasteiger partial charge in [0, 0.05) is 27.7 Å². The number of hydrogen-bond donors (Lipinski definition) is 1. The van der Waals surface area contributed by atoms with Crippen LogP contribution in [0.4, 0.5) is 5.69 Å². The van der Waals surface area contributed by atoms with Crippen LogP contribution in [0.15, 0.2) is 71.6 Å². The van der Waals surface area contributed by atoms with Crippen LogP contribution in [0.25, 0.3) is 0 Å². The topological polar surface area (TPSA) is 86.8 Å². The Hall–Kier alpha value is -2.78. The van der Waals surface area contributed by atoms with Gasteiger partial charge in [-0.15, -0.1) is 0 Å². The van der Waals surface area contributed by atoms with Crippen molar-refractivity contribution in [1.82, 2.24) is 10.2 Å². The van der Waals surface area contributed by atoms with Gasteiger partial charge in [0.05, 0.1) is 10.6 Å². The van der Waals surface area contributed by atoms with Gasteiger partial charge in [-0.05, 0) is 74.2 Å². The lowest BCUT2D eigenvalue weighted by Crippen LogP contribution is -2.54. The molecular weight excluding hydrogens is 629 g/mol. The molecule has 1 aliphatic rings. The van der Waals surface area contributed by atoms with E-state index in [1.807, 2.05) is 13.8 Å². The number of nitrogens with one attached hydrogen (secondary N) is 1. The maximum atomic E-state index is 14.2. The summed E-state index contributed by atoms with van der Waals surface area (Å²) in [5.41, 5.74) is 1.77. The zero-order chi connectivity index (χ0) is 31.1. The Morgan fingerprint density at radius 2 is 1.49 bits per heavy atom. The van der Waals surface area contributed by atoms with Crippen LogP contribution >= 0.6 is 34.8 Å². The normalized spacial score (nSPS) is 14.6. The highest BCUT2D eigenvalue weighted by molar-refractivity contribution is 7.92. The number of rotatable bonds is 11. The Balaban J connectivity index is 1.72. The van der Waals surface area contributed by atoms with Crippen LogP contribution in [0.1, 0.15) is 56.6 Å².